The molecular formula is C6H7ClF3N5. The van der Waals surface area contributed by atoms with Crippen molar-refractivity contribution in [2.75, 3.05) is 24.2 Å². The third-order valence-electron chi connectivity index (χ3n) is 1.28. The summed E-state index contributed by atoms with van der Waals surface area (Å²) in [4.78, 5) is 10.7. The van der Waals surface area contributed by atoms with E-state index in [1.165, 1.54) is 7.05 Å². The second kappa shape index (κ2) is 4.47. The summed E-state index contributed by atoms with van der Waals surface area (Å²) < 4.78 is 35.5. The van der Waals surface area contributed by atoms with Crippen molar-refractivity contribution in [3.05, 3.63) is 5.28 Å². The molecule has 0 unspecified atom stereocenters. The average Bonchev–Trinajstić information content (AvgIpc) is 2.13. The first-order chi connectivity index (χ1) is 6.90. The number of aromatic nitrogens is 3. The van der Waals surface area contributed by atoms with Crippen molar-refractivity contribution < 1.29 is 13.2 Å². The third kappa shape index (κ3) is 4.15. The zero-order chi connectivity index (χ0) is 11.5. The van der Waals surface area contributed by atoms with E-state index in [4.69, 9.17) is 11.6 Å². The normalized spacial score (nSPS) is 11.3. The van der Waals surface area contributed by atoms with Gasteiger partial charge in [-0.2, -0.15) is 28.1 Å². The van der Waals surface area contributed by atoms with Crippen LogP contribution in [0.1, 0.15) is 0 Å². The highest BCUT2D eigenvalue weighted by atomic mass is 35.5. The topological polar surface area (TPSA) is 62.7 Å². The van der Waals surface area contributed by atoms with Crippen LogP contribution in [0.25, 0.3) is 0 Å². The predicted octanol–water partition coefficient (Wildman–Crippen LogP) is 1.54. The van der Waals surface area contributed by atoms with E-state index in [1.54, 1.807) is 0 Å². The van der Waals surface area contributed by atoms with Crippen molar-refractivity contribution in [3.63, 3.8) is 0 Å². The molecule has 1 aromatic heterocycles. The number of hydrogen-bond acceptors (Lipinski definition) is 5. The molecule has 0 saturated carbocycles. The van der Waals surface area contributed by atoms with E-state index in [9.17, 15) is 13.2 Å². The van der Waals surface area contributed by atoms with E-state index in [2.05, 4.69) is 20.3 Å². The van der Waals surface area contributed by atoms with Gasteiger partial charge in [-0.3, -0.25) is 0 Å². The summed E-state index contributed by atoms with van der Waals surface area (Å²) in [5.41, 5.74) is 0. The molecule has 0 saturated heterocycles. The summed E-state index contributed by atoms with van der Waals surface area (Å²) in [5.74, 6) is -0.128. The molecule has 2 N–H and O–H groups in total. The summed E-state index contributed by atoms with van der Waals surface area (Å²) >= 11 is 5.46. The van der Waals surface area contributed by atoms with Crippen LogP contribution in [0.3, 0.4) is 0 Å². The summed E-state index contributed by atoms with van der Waals surface area (Å²) in [6.45, 7) is -1.23. The van der Waals surface area contributed by atoms with Gasteiger partial charge < -0.3 is 10.6 Å². The summed E-state index contributed by atoms with van der Waals surface area (Å²) in [7, 11) is 1.51. The van der Waals surface area contributed by atoms with Gasteiger partial charge in [0.15, 0.2) is 0 Å². The van der Waals surface area contributed by atoms with Crippen LogP contribution in [-0.4, -0.2) is 34.7 Å². The van der Waals surface area contributed by atoms with E-state index >= 15 is 0 Å². The smallest absolute Gasteiger partial charge is 0.357 e. The quantitative estimate of drug-likeness (QED) is 0.841. The van der Waals surface area contributed by atoms with Crippen LogP contribution in [0.2, 0.25) is 5.28 Å². The zero-order valence-electron chi connectivity index (χ0n) is 7.56. The molecule has 1 rings (SSSR count). The number of hydrogen-bond donors (Lipinski definition) is 2. The highest BCUT2D eigenvalue weighted by Gasteiger charge is 2.27. The van der Waals surface area contributed by atoms with Crippen LogP contribution in [-0.2, 0) is 0 Å². The summed E-state index contributed by atoms with van der Waals surface area (Å²) in [6.07, 6.45) is -4.33. The maximum absolute atomic E-state index is 11.8. The Bertz CT molecular complexity index is 342. The molecule has 0 fully saturated rings. The molecule has 0 spiro atoms. The maximum Gasteiger partial charge on any atom is 0.405 e. The Hall–Kier alpha value is -1.31. The molecule has 0 aliphatic carbocycles. The Kier molecular flexibility index (Phi) is 3.51. The number of rotatable bonds is 3. The van der Waals surface area contributed by atoms with Crippen LogP contribution in [0, 0.1) is 0 Å². The molecule has 0 atom stereocenters. The summed E-state index contributed by atoms with van der Waals surface area (Å²) in [5, 5.41) is 4.34. The largest absolute Gasteiger partial charge is 0.405 e. The van der Waals surface area contributed by atoms with Gasteiger partial charge in [-0.1, -0.05) is 0 Å². The molecular weight excluding hydrogens is 235 g/mol. The van der Waals surface area contributed by atoms with Gasteiger partial charge in [-0.05, 0) is 11.6 Å². The summed E-state index contributed by atoms with van der Waals surface area (Å²) in [6, 6.07) is 0. The van der Waals surface area contributed by atoms with Crippen LogP contribution < -0.4 is 10.6 Å². The van der Waals surface area contributed by atoms with Gasteiger partial charge in [0.05, 0.1) is 0 Å². The fourth-order valence-corrected chi connectivity index (χ4v) is 0.880. The first-order valence-electron chi connectivity index (χ1n) is 3.80. The lowest BCUT2D eigenvalue weighted by Crippen LogP contribution is -2.22. The number of nitrogens with one attached hydrogen (secondary N) is 2. The molecule has 84 valence electrons. The molecule has 0 amide bonds. The van der Waals surface area contributed by atoms with Crippen LogP contribution in [0.5, 0.6) is 0 Å². The molecule has 0 bridgehead atoms. The van der Waals surface area contributed by atoms with Gasteiger partial charge in [0.25, 0.3) is 0 Å². The fourth-order valence-electron chi connectivity index (χ4n) is 0.720. The Labute approximate surface area is 88.1 Å². The second-order valence-electron chi connectivity index (χ2n) is 2.47. The standard InChI is InChI=1S/C6H7ClF3N5/c1-11-4-13-3(7)14-5(15-4)12-2-6(8,9)10/h2H2,1H3,(H2,11,12,13,14,15). The van der Waals surface area contributed by atoms with Gasteiger partial charge in [0.2, 0.25) is 17.2 Å². The first-order valence-corrected chi connectivity index (χ1v) is 4.18. The Morgan fingerprint density at radius 3 is 2.33 bits per heavy atom. The van der Waals surface area contributed by atoms with Gasteiger partial charge in [0, 0.05) is 7.05 Å². The van der Waals surface area contributed by atoms with Crippen LogP contribution >= 0.6 is 11.6 Å². The van der Waals surface area contributed by atoms with E-state index in [0.717, 1.165) is 0 Å². The van der Waals surface area contributed by atoms with E-state index in [1.807, 2.05) is 5.32 Å². The van der Waals surface area contributed by atoms with Gasteiger partial charge in [-0.15, -0.1) is 0 Å². The predicted molar refractivity (Wildman–Crippen MR) is 48.9 cm³/mol. The van der Waals surface area contributed by atoms with E-state index < -0.39 is 12.7 Å². The lowest BCUT2D eigenvalue weighted by Gasteiger charge is -2.08. The van der Waals surface area contributed by atoms with Crippen molar-refractivity contribution in [1.82, 2.24) is 15.0 Å². The minimum Gasteiger partial charge on any atom is -0.357 e. The lowest BCUT2D eigenvalue weighted by molar-refractivity contribution is -0.115. The Morgan fingerprint density at radius 2 is 1.80 bits per heavy atom. The monoisotopic (exact) mass is 241 g/mol. The number of halogens is 4. The second-order valence-corrected chi connectivity index (χ2v) is 2.81. The highest BCUT2D eigenvalue weighted by molar-refractivity contribution is 6.28. The molecule has 1 heterocycles. The van der Waals surface area contributed by atoms with Crippen molar-refractivity contribution >= 4 is 23.5 Å². The van der Waals surface area contributed by atoms with Crippen molar-refractivity contribution in [2.24, 2.45) is 0 Å². The number of nitrogens with zero attached hydrogens (tertiary/aromatic N) is 3. The zero-order valence-corrected chi connectivity index (χ0v) is 8.32. The van der Waals surface area contributed by atoms with Gasteiger partial charge in [-0.25, -0.2) is 0 Å². The average molecular weight is 242 g/mol. The van der Waals surface area contributed by atoms with E-state index in [0.29, 0.717) is 0 Å². The Balaban J connectivity index is 2.73. The molecule has 1 aromatic rings. The molecule has 0 aliphatic heterocycles. The van der Waals surface area contributed by atoms with Crippen LogP contribution in [0.15, 0.2) is 0 Å². The lowest BCUT2D eigenvalue weighted by atomic mass is 10.6. The number of anilines is 2. The minimum atomic E-state index is -4.33. The molecule has 0 radical (unpaired) electrons. The van der Waals surface area contributed by atoms with Crippen molar-refractivity contribution in [1.29, 1.82) is 0 Å². The molecule has 0 aliphatic rings. The molecule has 0 aromatic carbocycles. The molecule has 9 heteroatoms. The minimum absolute atomic E-state index is 0.0969. The van der Waals surface area contributed by atoms with Crippen molar-refractivity contribution in [3.8, 4) is 0 Å². The van der Waals surface area contributed by atoms with Gasteiger partial charge in [0.1, 0.15) is 6.54 Å². The van der Waals surface area contributed by atoms with Gasteiger partial charge >= 0.3 is 6.18 Å². The molecule has 15 heavy (non-hydrogen) atoms. The highest BCUT2D eigenvalue weighted by Crippen LogP contribution is 2.15. The maximum atomic E-state index is 11.8. The third-order valence-corrected chi connectivity index (χ3v) is 1.45. The SMILES string of the molecule is CNc1nc(Cl)nc(NCC(F)(F)F)n1. The molecule has 5 nitrogen and oxygen atoms in total. The fraction of sp³-hybridized carbons (Fsp3) is 0.500. The Morgan fingerprint density at radius 1 is 1.20 bits per heavy atom. The van der Waals surface area contributed by atoms with Crippen molar-refractivity contribution in [2.45, 2.75) is 6.18 Å². The van der Waals surface area contributed by atoms with Crippen LogP contribution in [0.4, 0.5) is 25.1 Å². The van der Waals surface area contributed by atoms with E-state index in [-0.39, 0.29) is 17.2 Å². The first kappa shape index (κ1) is 11.8. The number of alkyl halides is 3.